The number of nitrogens with zero attached hydrogens (tertiary/aromatic N) is 2. The molecule has 20 heavy (non-hydrogen) atoms. The van der Waals surface area contributed by atoms with E-state index in [0.717, 1.165) is 24.6 Å². The number of aromatic nitrogens is 1. The first-order valence-electron chi connectivity index (χ1n) is 7.43. The molecule has 5 heteroatoms. The predicted molar refractivity (Wildman–Crippen MR) is 76.4 cm³/mol. The first kappa shape index (κ1) is 13.8. The van der Waals surface area contributed by atoms with Gasteiger partial charge in [0.1, 0.15) is 5.75 Å². The summed E-state index contributed by atoms with van der Waals surface area (Å²) in [5.41, 5.74) is 2.10. The number of aryl methyl sites for hydroxylation is 1. The summed E-state index contributed by atoms with van der Waals surface area (Å²) in [5.74, 6) is 0.209. The Balaban J connectivity index is 1.62. The zero-order chi connectivity index (χ0) is 14.1. The highest BCUT2D eigenvalue weighted by Gasteiger charge is 2.34. The summed E-state index contributed by atoms with van der Waals surface area (Å²) in [7, 11) is 0. The van der Waals surface area contributed by atoms with Crippen molar-refractivity contribution < 1.29 is 10.2 Å². The average molecular weight is 277 g/mol. The largest absolute Gasteiger partial charge is 0.506 e. The molecule has 1 atom stereocenters. The van der Waals surface area contributed by atoms with Crippen LogP contribution in [-0.2, 0) is 13.2 Å². The molecule has 1 saturated carbocycles. The summed E-state index contributed by atoms with van der Waals surface area (Å²) in [4.78, 5) is 6.65. The molecule has 3 rings (SSSR count). The summed E-state index contributed by atoms with van der Waals surface area (Å²) >= 11 is 0. The van der Waals surface area contributed by atoms with Gasteiger partial charge in [-0.3, -0.25) is 9.88 Å². The maximum atomic E-state index is 10.1. The van der Waals surface area contributed by atoms with Gasteiger partial charge in [-0.2, -0.15) is 0 Å². The molecule has 0 bridgehead atoms. The third-order valence-electron chi connectivity index (χ3n) is 4.45. The van der Waals surface area contributed by atoms with Crippen molar-refractivity contribution in [2.75, 3.05) is 13.1 Å². The summed E-state index contributed by atoms with van der Waals surface area (Å²) in [6.07, 6.45) is 5.52. The fraction of sp³-hybridized carbons (Fsp3) is 0.667. The number of hydrogen-bond acceptors (Lipinski definition) is 5. The molecule has 1 saturated heterocycles. The fourth-order valence-corrected chi connectivity index (χ4v) is 2.99. The van der Waals surface area contributed by atoms with Crippen molar-refractivity contribution in [2.24, 2.45) is 0 Å². The van der Waals surface area contributed by atoms with Crippen molar-refractivity contribution in [2.45, 2.75) is 51.4 Å². The van der Waals surface area contributed by atoms with E-state index in [9.17, 15) is 10.2 Å². The van der Waals surface area contributed by atoms with Crippen LogP contribution in [-0.4, -0.2) is 45.3 Å². The minimum atomic E-state index is -0.0866. The van der Waals surface area contributed by atoms with Gasteiger partial charge in [-0.05, 0) is 26.2 Å². The second-order valence-electron chi connectivity index (χ2n) is 5.95. The van der Waals surface area contributed by atoms with Gasteiger partial charge in [0, 0.05) is 49.0 Å². The number of aliphatic hydroxyl groups is 1. The van der Waals surface area contributed by atoms with Gasteiger partial charge in [-0.25, -0.2) is 0 Å². The maximum Gasteiger partial charge on any atom is 0.141 e. The van der Waals surface area contributed by atoms with E-state index in [1.54, 1.807) is 13.1 Å². The van der Waals surface area contributed by atoms with Gasteiger partial charge in [-0.1, -0.05) is 0 Å². The Morgan fingerprint density at radius 3 is 2.90 bits per heavy atom. The zero-order valence-electron chi connectivity index (χ0n) is 12.0. The van der Waals surface area contributed by atoms with Gasteiger partial charge in [-0.15, -0.1) is 0 Å². The van der Waals surface area contributed by atoms with Crippen molar-refractivity contribution in [3.63, 3.8) is 0 Å². The van der Waals surface area contributed by atoms with Gasteiger partial charge in [0.2, 0.25) is 0 Å². The number of hydrogen-bond donors (Lipinski definition) is 3. The molecular formula is C15H23N3O2. The van der Waals surface area contributed by atoms with Crippen LogP contribution in [0.2, 0.25) is 0 Å². The lowest BCUT2D eigenvalue weighted by Crippen LogP contribution is -2.33. The van der Waals surface area contributed by atoms with Crippen LogP contribution in [0, 0.1) is 6.92 Å². The molecule has 1 aromatic heterocycles. The Bertz CT molecular complexity index is 488. The molecule has 5 nitrogen and oxygen atoms in total. The molecule has 1 unspecified atom stereocenters. The first-order chi connectivity index (χ1) is 9.69. The van der Waals surface area contributed by atoms with Crippen molar-refractivity contribution in [1.29, 1.82) is 0 Å². The second-order valence-corrected chi connectivity index (χ2v) is 5.95. The van der Waals surface area contributed by atoms with Crippen LogP contribution in [0.5, 0.6) is 5.75 Å². The van der Waals surface area contributed by atoms with E-state index >= 15 is 0 Å². The van der Waals surface area contributed by atoms with Gasteiger partial charge in [0.25, 0.3) is 0 Å². The lowest BCUT2D eigenvalue weighted by molar-refractivity contribution is 0.278. The third kappa shape index (κ3) is 2.80. The van der Waals surface area contributed by atoms with Crippen molar-refractivity contribution in [3.05, 3.63) is 23.0 Å². The maximum absolute atomic E-state index is 10.1. The van der Waals surface area contributed by atoms with Crippen LogP contribution in [0.25, 0.3) is 0 Å². The van der Waals surface area contributed by atoms with Crippen LogP contribution < -0.4 is 5.32 Å². The first-order valence-corrected chi connectivity index (χ1v) is 7.43. The van der Waals surface area contributed by atoms with E-state index < -0.39 is 0 Å². The number of rotatable bonds is 5. The Hall–Kier alpha value is -1.17. The summed E-state index contributed by atoms with van der Waals surface area (Å²) in [5, 5.41) is 23.0. The molecular weight excluding hydrogens is 254 g/mol. The van der Waals surface area contributed by atoms with Crippen LogP contribution in [0.15, 0.2) is 6.20 Å². The highest BCUT2D eigenvalue weighted by Crippen LogP contribution is 2.30. The molecule has 2 fully saturated rings. The molecule has 1 aromatic rings. The average Bonchev–Trinajstić information content (AvgIpc) is 3.20. The summed E-state index contributed by atoms with van der Waals surface area (Å²) in [6.45, 7) is 4.57. The predicted octanol–water partition coefficient (Wildman–Crippen LogP) is 0.914. The highest BCUT2D eigenvalue weighted by molar-refractivity contribution is 5.40. The van der Waals surface area contributed by atoms with Gasteiger partial charge >= 0.3 is 0 Å². The molecule has 0 amide bonds. The Morgan fingerprint density at radius 2 is 2.20 bits per heavy atom. The van der Waals surface area contributed by atoms with E-state index in [4.69, 9.17) is 0 Å². The smallest absolute Gasteiger partial charge is 0.141 e. The van der Waals surface area contributed by atoms with Crippen LogP contribution in [0.1, 0.15) is 36.1 Å². The normalized spacial score (nSPS) is 23.4. The summed E-state index contributed by atoms with van der Waals surface area (Å²) in [6, 6.07) is 1.31. The topological polar surface area (TPSA) is 68.6 Å². The molecule has 0 aromatic carbocycles. The van der Waals surface area contributed by atoms with Gasteiger partial charge < -0.3 is 15.5 Å². The molecule has 1 aliphatic heterocycles. The monoisotopic (exact) mass is 277 g/mol. The lowest BCUT2D eigenvalue weighted by atomic mass is 10.1. The van der Waals surface area contributed by atoms with Crippen LogP contribution >= 0.6 is 0 Å². The number of aromatic hydroxyl groups is 1. The number of pyridine rings is 1. The molecule has 110 valence electrons. The number of nitrogens with one attached hydrogen (secondary N) is 1. The fourth-order valence-electron chi connectivity index (χ4n) is 2.99. The van der Waals surface area contributed by atoms with E-state index in [0.29, 0.717) is 23.8 Å². The zero-order valence-corrected chi connectivity index (χ0v) is 12.0. The van der Waals surface area contributed by atoms with Gasteiger partial charge in [0.05, 0.1) is 12.3 Å². The minimum absolute atomic E-state index is 0.0866. The Labute approximate surface area is 119 Å². The standard InChI is InChI=1S/C15H23N3O2/c1-10-15(20)14(11(9-19)6-16-10)7-17-12-4-5-18(8-12)13-2-3-13/h6,12-13,17,19-20H,2-5,7-9H2,1H3. The van der Waals surface area contributed by atoms with Crippen molar-refractivity contribution in [1.82, 2.24) is 15.2 Å². The van der Waals surface area contributed by atoms with E-state index in [1.165, 1.54) is 19.4 Å². The van der Waals surface area contributed by atoms with Crippen LogP contribution in [0.4, 0.5) is 0 Å². The molecule has 2 heterocycles. The summed E-state index contributed by atoms with van der Waals surface area (Å²) < 4.78 is 0. The molecule has 3 N–H and O–H groups in total. The Morgan fingerprint density at radius 1 is 1.40 bits per heavy atom. The van der Waals surface area contributed by atoms with Gasteiger partial charge in [0.15, 0.2) is 0 Å². The quantitative estimate of drug-likeness (QED) is 0.746. The molecule has 2 aliphatic rings. The number of likely N-dealkylation sites (tertiary alicyclic amines) is 1. The highest BCUT2D eigenvalue weighted by atomic mass is 16.3. The Kier molecular flexibility index (Phi) is 3.92. The van der Waals surface area contributed by atoms with Crippen molar-refractivity contribution in [3.8, 4) is 5.75 Å². The van der Waals surface area contributed by atoms with Crippen molar-refractivity contribution >= 4 is 0 Å². The van der Waals surface area contributed by atoms with E-state index in [2.05, 4.69) is 15.2 Å². The van der Waals surface area contributed by atoms with E-state index in [1.807, 2.05) is 0 Å². The second kappa shape index (κ2) is 5.68. The van der Waals surface area contributed by atoms with E-state index in [-0.39, 0.29) is 12.4 Å². The minimum Gasteiger partial charge on any atom is -0.506 e. The van der Waals surface area contributed by atoms with Crippen LogP contribution in [0.3, 0.4) is 0 Å². The lowest BCUT2D eigenvalue weighted by Gasteiger charge is -2.17. The third-order valence-corrected chi connectivity index (χ3v) is 4.45. The molecule has 0 spiro atoms. The molecule has 1 aliphatic carbocycles. The number of aliphatic hydroxyl groups excluding tert-OH is 1. The SMILES string of the molecule is Cc1ncc(CO)c(CNC2CCN(C3CC3)C2)c1O. The molecule has 0 radical (unpaired) electrons.